The van der Waals surface area contributed by atoms with E-state index >= 15 is 0 Å². The van der Waals surface area contributed by atoms with E-state index in [1.807, 2.05) is 0 Å². The number of carbonyl (C=O) groups is 1. The first kappa shape index (κ1) is 9.79. The highest BCUT2D eigenvalue weighted by atomic mass is 32.1. The Hall–Kier alpha value is -0.206. The first-order valence-electron chi connectivity index (χ1n) is 2.81. The Labute approximate surface area is 70.3 Å². The second-order valence-electron chi connectivity index (χ2n) is 2.76. The zero-order valence-electron chi connectivity index (χ0n) is 5.92. The number of thiocarbonyl (C=S) groups is 1. The number of carboxylic acid groups (broad SMARTS) is 1. The van der Waals surface area contributed by atoms with E-state index in [0.717, 1.165) is 0 Å². The van der Waals surface area contributed by atoms with E-state index in [-0.39, 0.29) is 11.5 Å². The average molecular weight is 194 g/mol. The summed E-state index contributed by atoms with van der Waals surface area (Å²) in [7, 11) is 1.24. The maximum atomic E-state index is 10.2. The molecule has 0 aromatic carbocycles. The first-order valence-corrected chi connectivity index (χ1v) is 5.22. The van der Waals surface area contributed by atoms with Gasteiger partial charge in [0.2, 0.25) is 0 Å². The Morgan fingerprint density at radius 3 is 2.00 bits per heavy atom. The Kier molecular flexibility index (Phi) is 3.20. The number of aliphatic carboxylic acids is 1. The van der Waals surface area contributed by atoms with Gasteiger partial charge < -0.3 is 10.2 Å². The summed E-state index contributed by atoms with van der Waals surface area (Å²) in [5.74, 6) is -0.888. The lowest BCUT2D eigenvalue weighted by Crippen LogP contribution is -2.25. The number of aliphatic hydroxyl groups excluding tert-OH is 1. The molecule has 0 saturated heterocycles. The SMILES string of the molecule is O=C(O)CC([SiH3])([SiH3])C(O)=S. The fourth-order valence-corrected chi connectivity index (χ4v) is 1.13. The molecule has 58 valence electrons. The Morgan fingerprint density at radius 2 is 1.90 bits per heavy atom. The van der Waals surface area contributed by atoms with E-state index < -0.39 is 10.6 Å². The first-order chi connectivity index (χ1) is 4.36. The third-order valence-electron chi connectivity index (χ3n) is 1.17. The molecule has 0 atom stereocenters. The van der Waals surface area contributed by atoms with Gasteiger partial charge in [-0.25, -0.2) is 0 Å². The molecule has 10 heavy (non-hydrogen) atoms. The highest BCUT2D eigenvalue weighted by Crippen LogP contribution is 2.21. The van der Waals surface area contributed by atoms with Gasteiger partial charge in [-0.05, 0) is 12.2 Å². The number of aliphatic hydroxyl groups is 1. The zero-order chi connectivity index (χ0) is 8.36. The predicted molar refractivity (Wildman–Crippen MR) is 50.1 cm³/mol. The molecule has 2 N–H and O–H groups in total. The molecule has 0 aliphatic heterocycles. The van der Waals surface area contributed by atoms with Crippen LogP contribution in [-0.4, -0.2) is 41.7 Å². The van der Waals surface area contributed by atoms with Crippen molar-refractivity contribution in [3.63, 3.8) is 0 Å². The van der Waals surface area contributed by atoms with Crippen molar-refractivity contribution in [2.45, 2.75) is 11.1 Å². The van der Waals surface area contributed by atoms with E-state index in [9.17, 15) is 4.79 Å². The van der Waals surface area contributed by atoms with E-state index in [1.165, 1.54) is 0 Å². The minimum Gasteiger partial charge on any atom is -0.502 e. The molecule has 0 rings (SSSR count). The fourth-order valence-electron chi connectivity index (χ4n) is 0.454. The lowest BCUT2D eigenvalue weighted by Gasteiger charge is -2.18. The maximum Gasteiger partial charge on any atom is 0.303 e. The summed E-state index contributed by atoms with van der Waals surface area (Å²) in [6.07, 6.45) is -0.0131. The average Bonchev–Trinajstić information content (AvgIpc) is 1.60. The van der Waals surface area contributed by atoms with Crippen LogP contribution in [0.1, 0.15) is 6.42 Å². The molecule has 0 unspecified atom stereocenters. The minimum atomic E-state index is -0.888. The molecule has 0 aliphatic rings. The van der Waals surface area contributed by atoms with Gasteiger partial charge in [0.25, 0.3) is 0 Å². The van der Waals surface area contributed by atoms with Gasteiger partial charge in [-0.2, -0.15) is 0 Å². The number of hydrogen-bond acceptors (Lipinski definition) is 2. The normalized spacial score (nSPS) is 16.4. The molecule has 0 saturated carbocycles. The predicted octanol–water partition coefficient (Wildman–Crippen LogP) is -1.81. The van der Waals surface area contributed by atoms with Crippen LogP contribution < -0.4 is 0 Å². The zero-order valence-corrected chi connectivity index (χ0v) is 10.7. The topological polar surface area (TPSA) is 57.5 Å². The van der Waals surface area contributed by atoms with Gasteiger partial charge in [-0.3, -0.25) is 4.79 Å². The molecule has 0 bridgehead atoms. The van der Waals surface area contributed by atoms with E-state index in [2.05, 4.69) is 12.2 Å². The minimum absolute atomic E-state index is 0.0131. The third kappa shape index (κ3) is 3.09. The van der Waals surface area contributed by atoms with Crippen LogP contribution in [-0.2, 0) is 4.79 Å². The van der Waals surface area contributed by atoms with E-state index in [1.54, 1.807) is 0 Å². The lowest BCUT2D eigenvalue weighted by atomic mass is 10.3. The van der Waals surface area contributed by atoms with Crippen molar-refractivity contribution in [1.29, 1.82) is 0 Å². The maximum absolute atomic E-state index is 10.2. The van der Waals surface area contributed by atoms with Crippen molar-refractivity contribution in [3.05, 3.63) is 0 Å². The number of rotatable bonds is 3. The van der Waals surface area contributed by atoms with Crippen LogP contribution in [0.2, 0.25) is 4.66 Å². The van der Waals surface area contributed by atoms with Crippen molar-refractivity contribution in [3.8, 4) is 0 Å². The fraction of sp³-hybridized carbons (Fsp3) is 0.500. The van der Waals surface area contributed by atoms with Gasteiger partial charge in [0.05, 0.1) is 6.42 Å². The van der Waals surface area contributed by atoms with Gasteiger partial charge in [-0.15, -0.1) is 0 Å². The molecule has 0 radical (unpaired) electrons. The van der Waals surface area contributed by atoms with Crippen molar-refractivity contribution >= 4 is 43.7 Å². The second kappa shape index (κ2) is 3.26. The molecular formula is C4H10O3SSi2. The molecule has 0 spiro atoms. The summed E-state index contributed by atoms with van der Waals surface area (Å²) < 4.78 is -0.513. The molecule has 0 amide bonds. The molecule has 0 aromatic rings. The monoisotopic (exact) mass is 194 g/mol. The smallest absolute Gasteiger partial charge is 0.303 e. The third-order valence-corrected chi connectivity index (χ3v) is 4.10. The summed E-state index contributed by atoms with van der Waals surface area (Å²) >= 11 is 4.51. The standard InChI is InChI=1S/C4H10O3SSi2/c5-2(6)1-4(9,10)3(7)8/h1H2,9-10H3,(H,5,6)(H,7,8). The molecule has 0 fully saturated rings. The van der Waals surface area contributed by atoms with Crippen LogP contribution in [0.5, 0.6) is 0 Å². The van der Waals surface area contributed by atoms with Crippen LogP contribution in [0.4, 0.5) is 0 Å². The van der Waals surface area contributed by atoms with Gasteiger partial charge in [-0.1, -0.05) is 0 Å². The summed E-state index contributed by atoms with van der Waals surface area (Å²) in [5, 5.41) is 17.1. The number of carboxylic acids is 1. The quantitative estimate of drug-likeness (QED) is 0.411. The second-order valence-corrected chi connectivity index (χ2v) is 9.56. The largest absolute Gasteiger partial charge is 0.502 e. The molecule has 0 aliphatic carbocycles. The van der Waals surface area contributed by atoms with Crippen LogP contribution in [0, 0.1) is 0 Å². The highest BCUT2D eigenvalue weighted by molar-refractivity contribution is 7.80. The Morgan fingerprint density at radius 1 is 1.50 bits per heavy atom. The van der Waals surface area contributed by atoms with Crippen LogP contribution in [0.15, 0.2) is 0 Å². The molecular weight excluding hydrogens is 184 g/mol. The summed E-state index contributed by atoms with van der Waals surface area (Å²) in [5.41, 5.74) is 0. The highest BCUT2D eigenvalue weighted by Gasteiger charge is 2.26. The summed E-state index contributed by atoms with van der Waals surface area (Å²) in [6, 6.07) is 0. The van der Waals surface area contributed by atoms with Crippen molar-refractivity contribution in [1.82, 2.24) is 0 Å². The van der Waals surface area contributed by atoms with Gasteiger partial charge in [0, 0.05) is 25.1 Å². The van der Waals surface area contributed by atoms with Crippen molar-refractivity contribution in [2.24, 2.45) is 0 Å². The molecule has 0 aromatic heterocycles. The van der Waals surface area contributed by atoms with E-state index in [0.29, 0.717) is 20.5 Å². The van der Waals surface area contributed by atoms with Crippen molar-refractivity contribution < 1.29 is 15.0 Å². The summed E-state index contributed by atoms with van der Waals surface area (Å²) in [6.45, 7) is 0. The van der Waals surface area contributed by atoms with E-state index in [4.69, 9.17) is 10.2 Å². The lowest BCUT2D eigenvalue weighted by molar-refractivity contribution is -0.137. The Bertz CT molecular complexity index is 168. The van der Waals surface area contributed by atoms with Gasteiger partial charge in [0.1, 0.15) is 0 Å². The number of hydrogen-bond donors (Lipinski definition) is 2. The van der Waals surface area contributed by atoms with Crippen LogP contribution >= 0.6 is 12.2 Å². The van der Waals surface area contributed by atoms with Crippen molar-refractivity contribution in [2.75, 3.05) is 0 Å². The van der Waals surface area contributed by atoms with Gasteiger partial charge in [0.15, 0.2) is 5.05 Å². The van der Waals surface area contributed by atoms with Crippen LogP contribution in [0.3, 0.4) is 0 Å². The molecule has 0 heterocycles. The Balaban J connectivity index is 4.13. The molecule has 6 heteroatoms. The van der Waals surface area contributed by atoms with Crippen LogP contribution in [0.25, 0.3) is 0 Å². The van der Waals surface area contributed by atoms with Gasteiger partial charge >= 0.3 is 5.97 Å². The molecule has 3 nitrogen and oxygen atoms in total. The summed E-state index contributed by atoms with van der Waals surface area (Å²) in [4.78, 5) is 10.2.